The molecule has 3 nitrogen and oxygen atoms in total. The summed E-state index contributed by atoms with van der Waals surface area (Å²) in [4.78, 5) is 14.4. The standard InChI is InChI=1S/C16H23NO2S/c1-12(10-18)11-20-13(2)16(19)17-8-7-14-5-3-4-6-15(14)9-17/h3-6,12-13,18H,7-11H2,1-2H3/t12-,13-/m1/s1. The van der Waals surface area contributed by atoms with Gasteiger partial charge in [0.05, 0.1) is 5.25 Å². The predicted octanol–water partition coefficient (Wildman–Crippen LogP) is 2.32. The minimum Gasteiger partial charge on any atom is -0.396 e. The summed E-state index contributed by atoms with van der Waals surface area (Å²) in [5, 5.41) is 9.00. The molecule has 4 heteroatoms. The molecule has 0 aromatic heterocycles. The zero-order chi connectivity index (χ0) is 14.5. The van der Waals surface area contributed by atoms with E-state index < -0.39 is 0 Å². The van der Waals surface area contributed by atoms with Gasteiger partial charge in [0.25, 0.3) is 0 Å². The SMILES string of the molecule is C[C@H](CO)CS[C@H](C)C(=O)N1CCc2ccccc2C1. The van der Waals surface area contributed by atoms with Gasteiger partial charge in [0, 0.05) is 19.7 Å². The van der Waals surface area contributed by atoms with Crippen LogP contribution in [0.25, 0.3) is 0 Å². The van der Waals surface area contributed by atoms with Crippen LogP contribution in [-0.2, 0) is 17.8 Å². The topological polar surface area (TPSA) is 40.5 Å². The predicted molar refractivity (Wildman–Crippen MR) is 83.7 cm³/mol. The van der Waals surface area contributed by atoms with Gasteiger partial charge in [0.2, 0.25) is 5.91 Å². The molecule has 1 amide bonds. The van der Waals surface area contributed by atoms with Gasteiger partial charge in [-0.15, -0.1) is 11.8 Å². The molecule has 0 bridgehead atoms. The van der Waals surface area contributed by atoms with Gasteiger partial charge in [0.1, 0.15) is 0 Å². The lowest BCUT2D eigenvalue weighted by Crippen LogP contribution is -2.40. The van der Waals surface area contributed by atoms with Crippen molar-refractivity contribution in [3.05, 3.63) is 35.4 Å². The summed E-state index contributed by atoms with van der Waals surface area (Å²) < 4.78 is 0. The third-order valence-corrected chi connectivity index (χ3v) is 5.20. The molecule has 0 radical (unpaired) electrons. The van der Waals surface area contributed by atoms with Crippen LogP contribution in [-0.4, -0.2) is 40.1 Å². The van der Waals surface area contributed by atoms with Gasteiger partial charge in [-0.3, -0.25) is 4.79 Å². The Balaban J connectivity index is 1.91. The highest BCUT2D eigenvalue weighted by Gasteiger charge is 2.24. The Morgan fingerprint density at radius 1 is 1.35 bits per heavy atom. The van der Waals surface area contributed by atoms with Crippen molar-refractivity contribution in [1.29, 1.82) is 0 Å². The number of aliphatic hydroxyl groups is 1. The second-order valence-corrected chi connectivity index (χ2v) is 6.92. The van der Waals surface area contributed by atoms with Gasteiger partial charge in [-0.25, -0.2) is 0 Å². The molecule has 0 spiro atoms. The average Bonchev–Trinajstić information content (AvgIpc) is 2.50. The molecule has 0 unspecified atom stereocenters. The van der Waals surface area contributed by atoms with Crippen molar-refractivity contribution in [2.24, 2.45) is 5.92 Å². The lowest BCUT2D eigenvalue weighted by atomic mass is 10.00. The Morgan fingerprint density at radius 2 is 2.05 bits per heavy atom. The Kier molecular flexibility index (Phi) is 5.49. The summed E-state index contributed by atoms with van der Waals surface area (Å²) in [5.41, 5.74) is 2.64. The van der Waals surface area contributed by atoms with Crippen LogP contribution in [0.15, 0.2) is 24.3 Å². The van der Waals surface area contributed by atoms with Gasteiger partial charge in [-0.2, -0.15) is 0 Å². The zero-order valence-electron chi connectivity index (χ0n) is 12.2. The van der Waals surface area contributed by atoms with Crippen LogP contribution in [0.5, 0.6) is 0 Å². The number of rotatable bonds is 5. The molecule has 0 aliphatic carbocycles. The van der Waals surface area contributed by atoms with Crippen LogP contribution in [0.1, 0.15) is 25.0 Å². The molecule has 0 fully saturated rings. The maximum Gasteiger partial charge on any atom is 0.235 e. The number of benzene rings is 1. The van der Waals surface area contributed by atoms with Crippen molar-refractivity contribution in [1.82, 2.24) is 4.90 Å². The third-order valence-electron chi connectivity index (χ3n) is 3.73. The van der Waals surface area contributed by atoms with Gasteiger partial charge in [0.15, 0.2) is 0 Å². The minimum absolute atomic E-state index is 0.0331. The number of amides is 1. The van der Waals surface area contributed by atoms with E-state index in [9.17, 15) is 4.79 Å². The molecule has 20 heavy (non-hydrogen) atoms. The van der Waals surface area contributed by atoms with E-state index in [2.05, 4.69) is 18.2 Å². The number of carbonyl (C=O) groups excluding carboxylic acids is 1. The second kappa shape index (κ2) is 7.14. The lowest BCUT2D eigenvalue weighted by molar-refractivity contribution is -0.131. The van der Waals surface area contributed by atoms with E-state index in [4.69, 9.17) is 5.11 Å². The number of nitrogens with zero attached hydrogens (tertiary/aromatic N) is 1. The molecule has 1 aromatic rings. The smallest absolute Gasteiger partial charge is 0.235 e. The summed E-state index contributed by atoms with van der Waals surface area (Å²) >= 11 is 1.64. The fraction of sp³-hybridized carbons (Fsp3) is 0.562. The zero-order valence-corrected chi connectivity index (χ0v) is 13.0. The summed E-state index contributed by atoms with van der Waals surface area (Å²) in [6, 6.07) is 8.36. The number of thioether (sulfide) groups is 1. The van der Waals surface area contributed by atoms with Crippen LogP contribution in [0, 0.1) is 5.92 Å². The molecule has 110 valence electrons. The highest BCUT2D eigenvalue weighted by molar-refractivity contribution is 8.00. The number of aliphatic hydroxyl groups excluding tert-OH is 1. The molecular formula is C16H23NO2S. The first-order valence-electron chi connectivity index (χ1n) is 7.20. The largest absolute Gasteiger partial charge is 0.396 e. The summed E-state index contributed by atoms with van der Waals surface area (Å²) in [6.07, 6.45) is 0.951. The minimum atomic E-state index is -0.0331. The number of fused-ring (bicyclic) bond motifs is 1. The third kappa shape index (κ3) is 3.76. The van der Waals surface area contributed by atoms with Crippen molar-refractivity contribution in [3.63, 3.8) is 0 Å². The molecule has 0 saturated heterocycles. The number of carbonyl (C=O) groups is 1. The van der Waals surface area contributed by atoms with E-state index in [1.807, 2.05) is 24.8 Å². The van der Waals surface area contributed by atoms with Crippen LogP contribution in [0.4, 0.5) is 0 Å². The van der Waals surface area contributed by atoms with Crippen molar-refractivity contribution in [3.8, 4) is 0 Å². The maximum absolute atomic E-state index is 12.5. The van der Waals surface area contributed by atoms with Crippen LogP contribution >= 0.6 is 11.8 Å². The Hall–Kier alpha value is -1.00. The van der Waals surface area contributed by atoms with Gasteiger partial charge < -0.3 is 10.0 Å². The monoisotopic (exact) mass is 293 g/mol. The first-order valence-corrected chi connectivity index (χ1v) is 8.24. The molecule has 1 aliphatic rings. The van der Waals surface area contributed by atoms with E-state index in [1.165, 1.54) is 11.1 Å². The summed E-state index contributed by atoms with van der Waals surface area (Å²) in [5.74, 6) is 1.29. The van der Waals surface area contributed by atoms with E-state index in [-0.39, 0.29) is 23.7 Å². The average molecular weight is 293 g/mol. The van der Waals surface area contributed by atoms with E-state index in [0.717, 1.165) is 25.3 Å². The van der Waals surface area contributed by atoms with Crippen molar-refractivity contribution in [2.45, 2.75) is 32.1 Å². The molecule has 0 saturated carbocycles. The molecule has 2 rings (SSSR count). The molecule has 2 atom stereocenters. The van der Waals surface area contributed by atoms with Gasteiger partial charge >= 0.3 is 0 Å². The first kappa shape index (κ1) is 15.4. The quantitative estimate of drug-likeness (QED) is 0.906. The number of hydrogen-bond acceptors (Lipinski definition) is 3. The Bertz CT molecular complexity index is 464. The molecule has 1 N–H and O–H groups in total. The van der Waals surface area contributed by atoms with Crippen LogP contribution in [0.2, 0.25) is 0 Å². The maximum atomic E-state index is 12.5. The first-order chi connectivity index (χ1) is 9.61. The molecule has 1 aliphatic heterocycles. The number of hydrogen-bond donors (Lipinski definition) is 1. The summed E-state index contributed by atoms with van der Waals surface area (Å²) in [6.45, 7) is 5.70. The van der Waals surface area contributed by atoms with Crippen molar-refractivity contribution < 1.29 is 9.90 Å². The molecular weight excluding hydrogens is 270 g/mol. The highest BCUT2D eigenvalue weighted by Crippen LogP contribution is 2.22. The highest BCUT2D eigenvalue weighted by atomic mass is 32.2. The van der Waals surface area contributed by atoms with Gasteiger partial charge in [-0.05, 0) is 36.1 Å². The Morgan fingerprint density at radius 3 is 2.75 bits per heavy atom. The normalized spacial score (nSPS) is 17.4. The van der Waals surface area contributed by atoms with E-state index in [0.29, 0.717) is 0 Å². The van der Waals surface area contributed by atoms with Gasteiger partial charge in [-0.1, -0.05) is 31.2 Å². The Labute approximate surface area is 125 Å². The van der Waals surface area contributed by atoms with E-state index >= 15 is 0 Å². The fourth-order valence-corrected chi connectivity index (χ4v) is 3.39. The molecule has 1 heterocycles. The lowest BCUT2D eigenvalue weighted by Gasteiger charge is -2.31. The van der Waals surface area contributed by atoms with Crippen molar-refractivity contribution in [2.75, 3.05) is 18.9 Å². The fourth-order valence-electron chi connectivity index (χ4n) is 2.37. The van der Waals surface area contributed by atoms with Crippen LogP contribution < -0.4 is 0 Å². The molecule has 1 aromatic carbocycles. The van der Waals surface area contributed by atoms with Crippen molar-refractivity contribution >= 4 is 17.7 Å². The summed E-state index contributed by atoms with van der Waals surface area (Å²) in [7, 11) is 0. The van der Waals surface area contributed by atoms with E-state index in [1.54, 1.807) is 11.8 Å². The van der Waals surface area contributed by atoms with Crippen LogP contribution in [0.3, 0.4) is 0 Å². The second-order valence-electron chi connectivity index (χ2n) is 5.54.